The van der Waals surface area contributed by atoms with Crippen molar-refractivity contribution in [2.24, 2.45) is 0 Å². The second-order valence-electron chi connectivity index (χ2n) is 8.54. The lowest BCUT2D eigenvalue weighted by Gasteiger charge is -2.39. The highest BCUT2D eigenvalue weighted by molar-refractivity contribution is 5.40. The number of ether oxygens (including phenoxy) is 2. The van der Waals surface area contributed by atoms with E-state index in [4.69, 9.17) is 14.5 Å². The van der Waals surface area contributed by atoms with Crippen molar-refractivity contribution < 1.29 is 9.47 Å². The molecule has 4 heterocycles. The van der Waals surface area contributed by atoms with E-state index in [2.05, 4.69) is 25.8 Å². The molecule has 0 amide bonds. The predicted molar refractivity (Wildman–Crippen MR) is 113 cm³/mol. The number of hydrogen-bond donors (Lipinski definition) is 1. The summed E-state index contributed by atoms with van der Waals surface area (Å²) in [7, 11) is 1.67. The molecule has 2 aliphatic heterocycles. The number of nitrogens with zero attached hydrogens (tertiary/aromatic N) is 4. The number of rotatable bonds is 4. The number of piperidine rings is 1. The number of pyridine rings is 1. The summed E-state index contributed by atoms with van der Waals surface area (Å²) in [6, 6.07) is 4.04. The molecule has 30 heavy (non-hydrogen) atoms. The summed E-state index contributed by atoms with van der Waals surface area (Å²) in [6.45, 7) is 5.71. The highest BCUT2D eigenvalue weighted by Gasteiger charge is 2.44. The van der Waals surface area contributed by atoms with Gasteiger partial charge in [-0.2, -0.15) is 0 Å². The molecule has 1 spiro atoms. The minimum absolute atomic E-state index is 0.0279. The van der Waals surface area contributed by atoms with Crippen molar-refractivity contribution in [1.82, 2.24) is 19.9 Å². The Morgan fingerprint density at radius 1 is 1.20 bits per heavy atom. The zero-order valence-corrected chi connectivity index (χ0v) is 17.5. The van der Waals surface area contributed by atoms with Crippen molar-refractivity contribution in [3.8, 4) is 5.88 Å². The highest BCUT2D eigenvalue weighted by atomic mass is 16.5. The molecule has 8 nitrogen and oxygen atoms in total. The molecule has 2 saturated heterocycles. The molecule has 2 aromatic heterocycles. The quantitative estimate of drug-likeness (QED) is 0.816. The first kappa shape index (κ1) is 19.5. The Morgan fingerprint density at radius 3 is 2.77 bits per heavy atom. The van der Waals surface area contributed by atoms with E-state index >= 15 is 0 Å². The van der Waals surface area contributed by atoms with Crippen molar-refractivity contribution in [3.05, 3.63) is 45.5 Å². The van der Waals surface area contributed by atoms with Crippen LogP contribution in [0.15, 0.2) is 23.1 Å². The molecule has 1 aliphatic carbocycles. The standard InChI is InChI=1S/C22H29N5O3/c1-29-20-16(3-2-8-23-20)15-26-9-6-22(7-10-26)5-4-17-18(22)24-21(25-19(17)28)27-11-13-30-14-12-27/h2-3,8H,4-7,9-15H2,1H3,(H,24,25,28). The zero-order chi connectivity index (χ0) is 20.6. The molecular formula is C22H29N5O3. The summed E-state index contributed by atoms with van der Waals surface area (Å²) in [5.41, 5.74) is 3.13. The smallest absolute Gasteiger partial charge is 0.255 e. The number of hydrogen-bond acceptors (Lipinski definition) is 7. The summed E-state index contributed by atoms with van der Waals surface area (Å²) >= 11 is 0. The van der Waals surface area contributed by atoms with E-state index in [1.165, 1.54) is 0 Å². The zero-order valence-electron chi connectivity index (χ0n) is 17.5. The topological polar surface area (TPSA) is 83.6 Å². The fraction of sp³-hybridized carbons (Fsp3) is 0.591. The summed E-state index contributed by atoms with van der Waals surface area (Å²) in [5.74, 6) is 1.42. The molecule has 5 rings (SSSR count). The van der Waals surface area contributed by atoms with E-state index in [0.717, 1.165) is 75.2 Å². The van der Waals surface area contributed by atoms with E-state index in [9.17, 15) is 4.79 Å². The van der Waals surface area contributed by atoms with Crippen LogP contribution in [0.4, 0.5) is 5.95 Å². The monoisotopic (exact) mass is 411 g/mol. The van der Waals surface area contributed by atoms with Crippen LogP contribution in [-0.2, 0) is 23.1 Å². The van der Waals surface area contributed by atoms with Gasteiger partial charge in [0.25, 0.3) is 5.56 Å². The maximum atomic E-state index is 12.8. The van der Waals surface area contributed by atoms with Crippen molar-refractivity contribution in [3.63, 3.8) is 0 Å². The molecule has 1 N–H and O–H groups in total. The lowest BCUT2D eigenvalue weighted by molar-refractivity contribution is 0.122. The van der Waals surface area contributed by atoms with Crippen molar-refractivity contribution in [2.45, 2.75) is 37.6 Å². The molecule has 160 valence electrons. The number of nitrogens with one attached hydrogen (secondary N) is 1. The maximum Gasteiger partial charge on any atom is 0.255 e. The molecule has 0 saturated carbocycles. The number of morpholine rings is 1. The lowest BCUT2D eigenvalue weighted by atomic mass is 9.76. The second-order valence-corrected chi connectivity index (χ2v) is 8.54. The second kappa shape index (κ2) is 8.00. The van der Waals surface area contributed by atoms with Crippen LogP contribution in [0.3, 0.4) is 0 Å². The fourth-order valence-electron chi connectivity index (χ4n) is 5.16. The molecule has 0 bridgehead atoms. The maximum absolute atomic E-state index is 12.8. The Kier molecular flexibility index (Phi) is 5.20. The summed E-state index contributed by atoms with van der Waals surface area (Å²) < 4.78 is 10.9. The Hall–Kier alpha value is -2.45. The molecule has 2 fully saturated rings. The Labute approximate surface area is 176 Å². The van der Waals surface area contributed by atoms with Gasteiger partial charge in [-0.05, 0) is 44.8 Å². The third kappa shape index (κ3) is 3.48. The van der Waals surface area contributed by atoms with Gasteiger partial charge < -0.3 is 14.4 Å². The van der Waals surface area contributed by atoms with Gasteiger partial charge in [0.1, 0.15) is 0 Å². The van der Waals surface area contributed by atoms with Crippen molar-refractivity contribution in [2.75, 3.05) is 51.4 Å². The van der Waals surface area contributed by atoms with Gasteiger partial charge in [0.05, 0.1) is 26.0 Å². The normalized spacial score (nSPS) is 21.0. The van der Waals surface area contributed by atoms with Gasteiger partial charge in [0.2, 0.25) is 11.8 Å². The predicted octanol–water partition coefficient (Wildman–Crippen LogP) is 1.49. The SMILES string of the molecule is COc1ncccc1CN1CCC2(CCc3c2nc(N2CCOCC2)[nH]c3=O)CC1. The Balaban J connectivity index is 1.34. The van der Waals surface area contributed by atoms with Crippen LogP contribution in [0.5, 0.6) is 5.88 Å². The molecule has 0 unspecified atom stereocenters. The Morgan fingerprint density at radius 2 is 2.00 bits per heavy atom. The molecule has 8 heteroatoms. The fourth-order valence-corrected chi connectivity index (χ4v) is 5.16. The van der Waals surface area contributed by atoms with E-state index in [1.54, 1.807) is 13.3 Å². The summed E-state index contributed by atoms with van der Waals surface area (Å²) in [6.07, 6.45) is 5.67. The number of likely N-dealkylation sites (tertiary alicyclic amines) is 1. The van der Waals surface area contributed by atoms with Crippen LogP contribution in [0.25, 0.3) is 0 Å². The van der Waals surface area contributed by atoms with Crippen molar-refractivity contribution >= 4 is 5.95 Å². The number of H-pyrrole nitrogens is 1. The first-order chi connectivity index (χ1) is 14.7. The molecule has 2 aromatic rings. The molecule has 0 radical (unpaired) electrons. The van der Waals surface area contributed by atoms with Gasteiger partial charge in [-0.1, -0.05) is 6.07 Å². The number of aromatic nitrogens is 3. The van der Waals surface area contributed by atoms with Crippen LogP contribution in [0.2, 0.25) is 0 Å². The highest BCUT2D eigenvalue weighted by Crippen LogP contribution is 2.44. The third-order valence-corrected chi connectivity index (χ3v) is 6.92. The largest absolute Gasteiger partial charge is 0.481 e. The number of methoxy groups -OCH3 is 1. The van der Waals surface area contributed by atoms with Gasteiger partial charge in [0, 0.05) is 42.4 Å². The number of fused-ring (bicyclic) bond motifs is 2. The lowest BCUT2D eigenvalue weighted by Crippen LogP contribution is -2.43. The van der Waals surface area contributed by atoms with E-state index in [-0.39, 0.29) is 11.0 Å². The molecular weight excluding hydrogens is 382 g/mol. The van der Waals surface area contributed by atoms with Crippen LogP contribution in [-0.4, -0.2) is 66.4 Å². The van der Waals surface area contributed by atoms with E-state index in [1.807, 2.05) is 6.07 Å². The number of anilines is 1. The van der Waals surface area contributed by atoms with E-state index < -0.39 is 0 Å². The van der Waals surface area contributed by atoms with Gasteiger partial charge in [-0.3, -0.25) is 14.7 Å². The number of aromatic amines is 1. The van der Waals surface area contributed by atoms with Crippen LogP contribution >= 0.6 is 0 Å². The van der Waals surface area contributed by atoms with Gasteiger partial charge in [-0.25, -0.2) is 9.97 Å². The van der Waals surface area contributed by atoms with E-state index in [0.29, 0.717) is 25.0 Å². The molecule has 0 aromatic carbocycles. The minimum Gasteiger partial charge on any atom is -0.481 e. The third-order valence-electron chi connectivity index (χ3n) is 6.92. The first-order valence-electron chi connectivity index (χ1n) is 10.9. The minimum atomic E-state index is 0.0279. The molecule has 0 atom stereocenters. The average molecular weight is 412 g/mol. The Bertz CT molecular complexity index is 961. The first-order valence-corrected chi connectivity index (χ1v) is 10.9. The average Bonchev–Trinajstić information content (AvgIpc) is 3.15. The van der Waals surface area contributed by atoms with Crippen LogP contribution in [0, 0.1) is 0 Å². The summed E-state index contributed by atoms with van der Waals surface area (Å²) in [4.78, 5) is 29.7. The molecule has 3 aliphatic rings. The van der Waals surface area contributed by atoms with Gasteiger partial charge >= 0.3 is 0 Å². The van der Waals surface area contributed by atoms with Gasteiger partial charge in [0.15, 0.2) is 0 Å². The van der Waals surface area contributed by atoms with Crippen LogP contribution in [0.1, 0.15) is 36.1 Å². The van der Waals surface area contributed by atoms with Crippen molar-refractivity contribution in [1.29, 1.82) is 0 Å². The van der Waals surface area contributed by atoms with Crippen LogP contribution < -0.4 is 15.2 Å². The summed E-state index contributed by atoms with van der Waals surface area (Å²) in [5, 5.41) is 0. The van der Waals surface area contributed by atoms with Gasteiger partial charge in [-0.15, -0.1) is 0 Å².